The third-order valence-electron chi connectivity index (χ3n) is 10.7. The number of fused-ring (bicyclic) bond motifs is 5. The van der Waals surface area contributed by atoms with E-state index in [-0.39, 0.29) is 5.41 Å². The Labute approximate surface area is 318 Å². The van der Waals surface area contributed by atoms with E-state index in [0.717, 1.165) is 61.6 Å². The van der Waals surface area contributed by atoms with Gasteiger partial charge in [0.25, 0.3) is 0 Å². The highest BCUT2D eigenvalue weighted by Gasteiger charge is 2.29. The zero-order chi connectivity index (χ0) is 36.2. The maximum atomic E-state index is 6.63. The average molecular weight is 714 g/mol. The van der Waals surface area contributed by atoms with E-state index in [2.05, 4.69) is 166 Å². The molecule has 0 saturated heterocycles. The first kappa shape index (κ1) is 32.4. The molecule has 4 nitrogen and oxygen atoms in total. The summed E-state index contributed by atoms with van der Waals surface area (Å²) in [7, 11) is 0. The van der Waals surface area contributed by atoms with Crippen LogP contribution < -0.4 is 0 Å². The molecule has 0 aliphatic heterocycles. The molecule has 54 heavy (non-hydrogen) atoms. The summed E-state index contributed by atoms with van der Waals surface area (Å²) in [5, 5.41) is 4.33. The van der Waals surface area contributed by atoms with Crippen molar-refractivity contribution >= 4 is 50.0 Å². The number of benzene rings is 6. The van der Waals surface area contributed by atoms with Crippen molar-refractivity contribution in [3.63, 3.8) is 0 Å². The molecule has 1 unspecified atom stereocenters. The second kappa shape index (κ2) is 13.0. The van der Waals surface area contributed by atoms with Gasteiger partial charge in [-0.3, -0.25) is 0 Å². The highest BCUT2D eigenvalue weighted by Crippen LogP contribution is 2.45. The molecule has 10 rings (SSSR count). The maximum Gasteiger partial charge on any atom is 0.164 e. The van der Waals surface area contributed by atoms with Crippen LogP contribution in [0.1, 0.15) is 24.7 Å². The van der Waals surface area contributed by atoms with Crippen molar-refractivity contribution in [2.75, 3.05) is 0 Å². The fourth-order valence-corrected chi connectivity index (χ4v) is 8.76. The van der Waals surface area contributed by atoms with E-state index in [0.29, 0.717) is 17.5 Å². The van der Waals surface area contributed by atoms with Gasteiger partial charge in [-0.15, -0.1) is 0 Å². The molecule has 2 aromatic heterocycles. The van der Waals surface area contributed by atoms with Crippen LogP contribution in [0.5, 0.6) is 0 Å². The third kappa shape index (κ3) is 5.69. The van der Waals surface area contributed by atoms with Gasteiger partial charge < -0.3 is 4.42 Å². The topological polar surface area (TPSA) is 51.8 Å². The quantitative estimate of drug-likeness (QED) is 0.172. The second-order valence-corrected chi connectivity index (χ2v) is 15.4. The molecule has 1 atom stereocenters. The minimum Gasteiger partial charge on any atom is -0.456 e. The first-order valence-electron chi connectivity index (χ1n) is 18.3. The molecule has 6 aromatic carbocycles. The molecule has 0 bridgehead atoms. The average Bonchev–Trinajstić information content (AvgIpc) is 3.59. The van der Waals surface area contributed by atoms with E-state index in [1.165, 1.54) is 26.3 Å². The Morgan fingerprint density at radius 2 is 1.44 bits per heavy atom. The number of para-hydroxylation sites is 1. The number of aryl methyl sites for hydroxylation is 1. The highest BCUT2D eigenvalue weighted by atomic mass is 32.2. The lowest BCUT2D eigenvalue weighted by Gasteiger charge is -2.31. The van der Waals surface area contributed by atoms with Crippen molar-refractivity contribution in [3.8, 4) is 33.9 Å². The normalized spacial score (nSPS) is 16.5. The van der Waals surface area contributed by atoms with Gasteiger partial charge >= 0.3 is 0 Å². The maximum absolute atomic E-state index is 6.63. The van der Waals surface area contributed by atoms with Gasteiger partial charge in [-0.2, -0.15) is 0 Å². The molecule has 8 aromatic rings. The van der Waals surface area contributed by atoms with Crippen LogP contribution in [0, 0.1) is 12.3 Å². The van der Waals surface area contributed by atoms with Gasteiger partial charge in [0.15, 0.2) is 17.5 Å². The van der Waals surface area contributed by atoms with Gasteiger partial charge in [-0.25, -0.2) is 15.0 Å². The van der Waals surface area contributed by atoms with E-state index in [1.807, 2.05) is 12.1 Å². The summed E-state index contributed by atoms with van der Waals surface area (Å²) in [5.74, 6) is 1.90. The Hall–Kier alpha value is -6.30. The number of hydrogen-bond donors (Lipinski definition) is 0. The van der Waals surface area contributed by atoms with Crippen LogP contribution in [0.3, 0.4) is 0 Å². The number of hydrogen-bond acceptors (Lipinski definition) is 5. The summed E-state index contributed by atoms with van der Waals surface area (Å²) >= 11 is 1.78. The Balaban J connectivity index is 1.22. The Kier molecular flexibility index (Phi) is 7.78. The lowest BCUT2D eigenvalue weighted by molar-refractivity contribution is 0.528. The van der Waals surface area contributed by atoms with E-state index < -0.39 is 0 Å². The highest BCUT2D eigenvalue weighted by molar-refractivity contribution is 7.99. The van der Waals surface area contributed by atoms with Crippen molar-refractivity contribution in [2.45, 2.75) is 30.1 Å². The minimum absolute atomic E-state index is 0.0469. The molecule has 0 spiro atoms. The van der Waals surface area contributed by atoms with Crippen molar-refractivity contribution in [2.24, 2.45) is 5.41 Å². The largest absolute Gasteiger partial charge is 0.456 e. The van der Waals surface area contributed by atoms with Crippen LogP contribution in [-0.4, -0.2) is 15.0 Å². The van der Waals surface area contributed by atoms with E-state index in [4.69, 9.17) is 19.4 Å². The molecular weight excluding hydrogens is 679 g/mol. The molecule has 2 aliphatic rings. The summed E-state index contributed by atoms with van der Waals surface area (Å²) in [6.07, 6.45) is 14.1. The molecule has 0 amide bonds. The fourth-order valence-electron chi connectivity index (χ4n) is 7.71. The number of rotatable bonds is 6. The predicted molar refractivity (Wildman–Crippen MR) is 223 cm³/mol. The third-order valence-corrected chi connectivity index (χ3v) is 11.9. The molecule has 2 aliphatic carbocycles. The molecule has 0 N–H and O–H groups in total. The molecule has 5 heteroatoms. The SMILES string of the molecule is Cc1cccc(-c2cc(-c3nc(C4=CCC5(C)C=CC=CC5=C4)nc(-c4ccc5ccccc5c4)n3)c3c(c2)oc2ccccc23)c1Sc1ccccc1. The van der Waals surface area contributed by atoms with Gasteiger partial charge in [0.05, 0.1) is 0 Å². The number of furan rings is 1. The number of allylic oxidation sites excluding steroid dienone is 8. The molecule has 0 radical (unpaired) electrons. The molecule has 0 saturated carbocycles. The lowest BCUT2D eigenvalue weighted by Crippen LogP contribution is -2.19. The molecular formula is C49H35N3OS. The molecule has 2 heterocycles. The van der Waals surface area contributed by atoms with Crippen molar-refractivity contribution in [3.05, 3.63) is 181 Å². The molecule has 258 valence electrons. The minimum atomic E-state index is -0.0469. The first-order chi connectivity index (χ1) is 26.5. The van der Waals surface area contributed by atoms with Gasteiger partial charge in [0, 0.05) is 42.7 Å². The smallest absolute Gasteiger partial charge is 0.164 e. The summed E-state index contributed by atoms with van der Waals surface area (Å²) in [4.78, 5) is 18.2. The number of aromatic nitrogens is 3. The van der Waals surface area contributed by atoms with Crippen LogP contribution >= 0.6 is 11.8 Å². The monoisotopic (exact) mass is 713 g/mol. The second-order valence-electron chi connectivity index (χ2n) is 14.3. The summed E-state index contributed by atoms with van der Waals surface area (Å²) in [6.45, 7) is 4.46. The fraction of sp³-hybridized carbons (Fsp3) is 0.0816. The van der Waals surface area contributed by atoms with Crippen LogP contribution in [-0.2, 0) is 0 Å². The van der Waals surface area contributed by atoms with E-state index in [1.54, 1.807) is 11.8 Å². The van der Waals surface area contributed by atoms with Crippen molar-refractivity contribution in [1.29, 1.82) is 0 Å². The van der Waals surface area contributed by atoms with Gasteiger partial charge in [-0.1, -0.05) is 140 Å². The van der Waals surface area contributed by atoms with E-state index in [9.17, 15) is 0 Å². The first-order valence-corrected chi connectivity index (χ1v) is 19.1. The predicted octanol–water partition coefficient (Wildman–Crippen LogP) is 13.2. The van der Waals surface area contributed by atoms with Crippen molar-refractivity contribution in [1.82, 2.24) is 15.0 Å². The van der Waals surface area contributed by atoms with Crippen LogP contribution in [0.2, 0.25) is 0 Å². The Bertz CT molecular complexity index is 2920. The van der Waals surface area contributed by atoms with Crippen LogP contribution in [0.4, 0.5) is 0 Å². The lowest BCUT2D eigenvalue weighted by atomic mass is 9.73. The van der Waals surface area contributed by atoms with Gasteiger partial charge in [-0.05, 0) is 88.9 Å². The summed E-state index contributed by atoms with van der Waals surface area (Å²) in [5.41, 5.74) is 9.07. The standard InChI is InChI=1S/C49H35N3OS/c1-31-13-12-20-39(45(31)54-38-17-4-3-5-18-38)36-29-41(44-40-19-8-9-21-42(40)53-43(44)30-36)48-51-46(34-23-22-32-14-6-7-15-33(32)27-34)50-47(52-48)35-24-26-49(2)25-11-10-16-37(49)28-35/h3-25,27-30H,26H2,1-2H3. The van der Waals surface area contributed by atoms with Gasteiger partial charge in [0.1, 0.15) is 11.2 Å². The van der Waals surface area contributed by atoms with Gasteiger partial charge in [0.2, 0.25) is 0 Å². The zero-order valence-electron chi connectivity index (χ0n) is 30.0. The zero-order valence-corrected chi connectivity index (χ0v) is 30.8. The summed E-state index contributed by atoms with van der Waals surface area (Å²) in [6, 6.07) is 44.6. The van der Waals surface area contributed by atoms with E-state index >= 15 is 0 Å². The number of nitrogens with zero attached hydrogens (tertiary/aromatic N) is 3. The van der Waals surface area contributed by atoms with Crippen LogP contribution in [0.25, 0.3) is 72.2 Å². The Morgan fingerprint density at radius 1 is 0.648 bits per heavy atom. The summed E-state index contributed by atoms with van der Waals surface area (Å²) < 4.78 is 6.63. The van der Waals surface area contributed by atoms with Crippen LogP contribution in [0.15, 0.2) is 184 Å². The van der Waals surface area contributed by atoms with Crippen molar-refractivity contribution < 1.29 is 4.42 Å². The molecule has 0 fully saturated rings. The Morgan fingerprint density at radius 3 is 2.35 bits per heavy atom.